The minimum atomic E-state index is -4.88. The van der Waals surface area contributed by atoms with Gasteiger partial charge >= 0.3 is 18.0 Å². The number of rotatable bonds is 8. The largest absolute Gasteiger partial charge is 0.455 e. The molecule has 10 nitrogen and oxygen atoms in total. The van der Waals surface area contributed by atoms with Gasteiger partial charge in [-0.2, -0.15) is 26.3 Å². The Labute approximate surface area is 293 Å². The van der Waals surface area contributed by atoms with E-state index in [1.807, 2.05) is 17.0 Å². The summed E-state index contributed by atoms with van der Waals surface area (Å²) < 4.78 is 102. The van der Waals surface area contributed by atoms with E-state index in [2.05, 4.69) is 5.32 Å². The maximum Gasteiger partial charge on any atom is 0.449 e. The summed E-state index contributed by atoms with van der Waals surface area (Å²) in [7, 11) is 0. The van der Waals surface area contributed by atoms with Gasteiger partial charge in [0.1, 0.15) is 17.3 Å². The highest BCUT2D eigenvalue weighted by atomic mass is 19.4. The van der Waals surface area contributed by atoms with E-state index in [4.69, 9.17) is 4.42 Å². The highest BCUT2D eigenvalue weighted by molar-refractivity contribution is 5.77. The van der Waals surface area contributed by atoms with Gasteiger partial charge in [0, 0.05) is 56.9 Å². The lowest BCUT2D eigenvalue weighted by atomic mass is 10.1. The number of furan rings is 1. The lowest BCUT2D eigenvalue weighted by Gasteiger charge is -2.36. The van der Waals surface area contributed by atoms with E-state index in [-0.39, 0.29) is 61.1 Å². The molecule has 1 amide bonds. The first kappa shape index (κ1) is 39.9. The Kier molecular flexibility index (Phi) is 12.8. The molecule has 3 N–H and O–H groups in total. The van der Waals surface area contributed by atoms with E-state index >= 15 is 0 Å². The van der Waals surface area contributed by atoms with Crippen LogP contribution in [0.2, 0.25) is 0 Å². The minimum Gasteiger partial charge on any atom is -0.455 e. The molecule has 2 aromatic heterocycles. The van der Waals surface area contributed by atoms with E-state index in [0.29, 0.717) is 13.1 Å². The Balaban J connectivity index is 0.000000784. The number of nitrogens with one attached hydrogen (secondary N) is 1. The Hall–Kier alpha value is -4.90. The normalized spacial score (nSPS) is 15.2. The molecule has 2 aromatic carbocycles. The molecule has 0 radical (unpaired) electrons. The fourth-order valence-electron chi connectivity index (χ4n) is 6.09. The number of carbonyl (C=O) groups is 1. The third-order valence-electron chi connectivity index (χ3n) is 8.78. The van der Waals surface area contributed by atoms with Crippen LogP contribution in [0.3, 0.4) is 0 Å². The first-order valence-electron chi connectivity index (χ1n) is 16.3. The number of aryl methyl sites for hydroxylation is 1. The summed E-state index contributed by atoms with van der Waals surface area (Å²) in [6, 6.07) is 13.7. The second-order valence-corrected chi connectivity index (χ2v) is 12.2. The number of piperazine rings is 1. The molecule has 6 rings (SSSR count). The molecule has 0 unspecified atom stereocenters. The molecular formula is C35H38F7N5O5. The van der Waals surface area contributed by atoms with Gasteiger partial charge in [0.25, 0.3) is 5.56 Å². The average Bonchev–Trinajstić information content (AvgIpc) is 3.76. The molecule has 0 spiro atoms. The molecule has 4 aromatic rings. The van der Waals surface area contributed by atoms with Crippen molar-refractivity contribution in [2.75, 3.05) is 37.6 Å². The number of halogens is 7. The van der Waals surface area contributed by atoms with Crippen molar-refractivity contribution in [1.29, 1.82) is 0 Å². The van der Waals surface area contributed by atoms with E-state index in [1.54, 1.807) is 23.1 Å². The van der Waals surface area contributed by atoms with Crippen molar-refractivity contribution in [1.82, 2.24) is 19.4 Å². The zero-order chi connectivity index (χ0) is 36.9. The first-order chi connectivity index (χ1) is 24.1. The molecule has 0 aliphatic carbocycles. The first-order valence-corrected chi connectivity index (χ1v) is 16.3. The predicted molar refractivity (Wildman–Crippen MR) is 177 cm³/mol. The number of carbonyl (C=O) groups excluding carboxylic acids is 1. The lowest BCUT2D eigenvalue weighted by molar-refractivity contribution is -0.153. The zero-order valence-corrected chi connectivity index (χ0v) is 28.1. The van der Waals surface area contributed by atoms with Gasteiger partial charge in [-0.3, -0.25) is 23.6 Å². The summed E-state index contributed by atoms with van der Waals surface area (Å²) >= 11 is 0. The Bertz CT molecular complexity index is 1940. The molecule has 0 atom stereocenters. The maximum atomic E-state index is 14.9. The van der Waals surface area contributed by atoms with Crippen LogP contribution in [0, 0.1) is 12.7 Å². The van der Waals surface area contributed by atoms with Crippen LogP contribution >= 0.6 is 0 Å². The van der Waals surface area contributed by atoms with Crippen molar-refractivity contribution < 1.29 is 45.4 Å². The molecule has 0 saturated carbocycles. The number of aromatic nitrogens is 2. The summed E-state index contributed by atoms with van der Waals surface area (Å²) in [5.41, 5.74) is -2.47. The molecular weight excluding hydrogens is 703 g/mol. The number of amides is 1. The summed E-state index contributed by atoms with van der Waals surface area (Å²) in [4.78, 5) is 41.2. The van der Waals surface area contributed by atoms with Crippen molar-refractivity contribution >= 4 is 11.6 Å². The molecule has 2 saturated heterocycles. The number of alkyl halides is 6. The van der Waals surface area contributed by atoms with Crippen LogP contribution in [0.1, 0.15) is 46.7 Å². The number of benzene rings is 2. The van der Waals surface area contributed by atoms with E-state index < -0.39 is 52.9 Å². The molecule has 17 heteroatoms. The van der Waals surface area contributed by atoms with Crippen LogP contribution in [-0.4, -0.2) is 58.1 Å². The second kappa shape index (κ2) is 16.6. The van der Waals surface area contributed by atoms with Gasteiger partial charge < -0.3 is 20.1 Å². The third-order valence-corrected chi connectivity index (χ3v) is 8.78. The van der Waals surface area contributed by atoms with Crippen molar-refractivity contribution in [3.63, 3.8) is 0 Å². The molecule has 2 fully saturated rings. The van der Waals surface area contributed by atoms with E-state index in [0.717, 1.165) is 58.3 Å². The molecule has 0 bridgehead atoms. The molecule has 2 aliphatic heterocycles. The smallest absolute Gasteiger partial charge is 0.449 e. The second-order valence-electron chi connectivity index (χ2n) is 12.2. The Morgan fingerprint density at radius 2 is 1.50 bits per heavy atom. The van der Waals surface area contributed by atoms with Crippen LogP contribution in [0.5, 0.6) is 0 Å². The topological polar surface area (TPSA) is 124 Å². The quantitative estimate of drug-likeness (QED) is 0.260. The fourth-order valence-corrected chi connectivity index (χ4v) is 6.09. The standard InChI is InChI=1S/C31H29F7N4O3.C4H7NO.H2O/c1-20-27(40-16-14-39(15-17-40)18-22-10-11-26(45-22)31(36,37)38)28(43)41(13-12-21-6-3-2-4-7-21)29(44)42(20)19-23-24(30(33,34)35)8-5-9-25(23)32;6-4-2-1-3-5-4;/h2-11H,12-19H2,1H3;1-3H2,(H,5,6);1H2. The van der Waals surface area contributed by atoms with Gasteiger partial charge in [-0.15, -0.1) is 0 Å². The van der Waals surface area contributed by atoms with Gasteiger partial charge in [0.2, 0.25) is 11.7 Å². The maximum absolute atomic E-state index is 14.9. The average molecular weight is 742 g/mol. The van der Waals surface area contributed by atoms with Gasteiger partial charge in [-0.05, 0) is 49.6 Å². The molecule has 2 aliphatic rings. The van der Waals surface area contributed by atoms with Crippen LogP contribution in [0.4, 0.5) is 36.4 Å². The number of hydrogen-bond donors (Lipinski definition) is 1. The SMILES string of the molecule is Cc1c(N2CCN(Cc3ccc(C(F)(F)F)o3)CC2)c(=O)n(CCc2ccccc2)c(=O)n1Cc1c(F)cccc1C(F)(F)F.O.O=C1CCCN1. The predicted octanol–water partition coefficient (Wildman–Crippen LogP) is 4.77. The number of anilines is 1. The lowest BCUT2D eigenvalue weighted by Crippen LogP contribution is -2.51. The van der Waals surface area contributed by atoms with Gasteiger partial charge in [-0.25, -0.2) is 9.18 Å². The number of hydrogen-bond acceptors (Lipinski definition) is 6. The Morgan fingerprint density at radius 3 is 2.06 bits per heavy atom. The van der Waals surface area contributed by atoms with Crippen molar-refractivity contribution in [3.8, 4) is 0 Å². The van der Waals surface area contributed by atoms with Crippen molar-refractivity contribution in [2.24, 2.45) is 0 Å². The zero-order valence-electron chi connectivity index (χ0n) is 28.1. The van der Waals surface area contributed by atoms with Gasteiger partial charge in [0.15, 0.2) is 0 Å². The summed E-state index contributed by atoms with van der Waals surface area (Å²) in [6.07, 6.45) is -7.45. The van der Waals surface area contributed by atoms with Crippen LogP contribution in [-0.2, 0) is 43.2 Å². The highest BCUT2D eigenvalue weighted by Gasteiger charge is 2.36. The monoisotopic (exact) mass is 741 g/mol. The summed E-state index contributed by atoms with van der Waals surface area (Å²) in [6.45, 7) is 2.67. The van der Waals surface area contributed by atoms with E-state index in [1.165, 1.54) is 13.0 Å². The van der Waals surface area contributed by atoms with Gasteiger partial charge in [0.05, 0.1) is 18.7 Å². The molecule has 4 heterocycles. The van der Waals surface area contributed by atoms with Crippen LogP contribution in [0.15, 0.2) is 74.7 Å². The highest BCUT2D eigenvalue weighted by Crippen LogP contribution is 2.34. The van der Waals surface area contributed by atoms with Crippen molar-refractivity contribution in [3.05, 3.63) is 121 Å². The summed E-state index contributed by atoms with van der Waals surface area (Å²) in [5.74, 6) is -1.92. The summed E-state index contributed by atoms with van der Waals surface area (Å²) in [5, 5.41) is 2.68. The molecule has 52 heavy (non-hydrogen) atoms. The third kappa shape index (κ3) is 9.50. The van der Waals surface area contributed by atoms with Crippen molar-refractivity contribution in [2.45, 2.75) is 58.2 Å². The van der Waals surface area contributed by atoms with E-state index in [9.17, 15) is 45.1 Å². The fraction of sp³-hybridized carbons (Fsp3) is 0.400. The van der Waals surface area contributed by atoms with Crippen LogP contribution < -0.4 is 21.5 Å². The van der Waals surface area contributed by atoms with Gasteiger partial charge in [-0.1, -0.05) is 36.4 Å². The molecule has 282 valence electrons. The minimum absolute atomic E-state index is 0. The Morgan fingerprint density at radius 1 is 0.808 bits per heavy atom. The van der Waals surface area contributed by atoms with Crippen LogP contribution in [0.25, 0.3) is 0 Å². The number of nitrogens with zero attached hydrogens (tertiary/aromatic N) is 4.